The van der Waals surface area contributed by atoms with Crippen LogP contribution in [0.4, 0.5) is 0 Å². The van der Waals surface area contributed by atoms with Crippen LogP contribution in [-0.4, -0.2) is 128 Å². The minimum atomic E-state index is -1.48. The predicted octanol–water partition coefficient (Wildman–Crippen LogP) is 2.01. The molecule has 0 unspecified atom stereocenters. The fourth-order valence-corrected chi connectivity index (χ4v) is 9.85. The standard InChI is InChI=1S/C57H66N12O10S/c1-80-24-23-43(51(60)73)64-55(77)46(26-33-29-61-40-16-8-5-13-36(33)40)69-57(79)48(28-35-31-63-42-18-10-7-15-38(35)42)68-54(76)45(25-32-11-3-2-4-12-32)66-56(78)47(27-34-30-62-41-17-9-6-14-37(34)41)67-53(75)44(20-21-49(59)70)65-52(74)39(58)19-22-50(71)72/h2-18,29-31,39,43-48,61-63H,19-28,58H2,1H3,(H2,59,70)(H2,60,73)(H,64,77)(H,65,74)(H,66,78)(H,67,75)(H,68,76)(H,69,79)(H,71,72)/t39-,43+,44+,45+,46-,47-,48-/m1/s1. The maximum Gasteiger partial charge on any atom is 0.303 e. The van der Waals surface area contributed by atoms with Gasteiger partial charge in [0.25, 0.3) is 0 Å². The zero-order valence-electron chi connectivity index (χ0n) is 43.9. The summed E-state index contributed by atoms with van der Waals surface area (Å²) < 4.78 is 0. The lowest BCUT2D eigenvalue weighted by molar-refractivity contribution is -0.137. The maximum absolute atomic E-state index is 15.1. The Balaban J connectivity index is 1.22. The largest absolute Gasteiger partial charge is 0.481 e. The lowest BCUT2D eigenvalue weighted by Crippen LogP contribution is -2.61. The number of carboxylic acids is 1. The Morgan fingerprint density at radius 3 is 1.24 bits per heavy atom. The molecule has 80 heavy (non-hydrogen) atoms. The van der Waals surface area contributed by atoms with Gasteiger partial charge >= 0.3 is 5.97 Å². The predicted molar refractivity (Wildman–Crippen MR) is 303 cm³/mol. The van der Waals surface area contributed by atoms with Gasteiger partial charge in [0.1, 0.15) is 36.3 Å². The van der Waals surface area contributed by atoms with Crippen molar-refractivity contribution < 1.29 is 48.3 Å². The van der Waals surface area contributed by atoms with E-state index in [0.717, 1.165) is 27.3 Å². The number of nitrogens with two attached hydrogens (primary N) is 3. The van der Waals surface area contributed by atoms with E-state index in [-0.39, 0.29) is 51.4 Å². The van der Waals surface area contributed by atoms with Crippen molar-refractivity contribution >= 4 is 97.7 Å². The van der Waals surface area contributed by atoms with Gasteiger partial charge in [0.05, 0.1) is 6.04 Å². The van der Waals surface area contributed by atoms with Gasteiger partial charge in [-0.05, 0) is 71.7 Å². The second kappa shape index (κ2) is 28.1. The Labute approximate surface area is 464 Å². The van der Waals surface area contributed by atoms with Crippen LogP contribution in [0.1, 0.15) is 54.4 Å². The molecule has 7 atom stereocenters. The SMILES string of the molecule is CSCC[C@H](NC(=O)[C@@H](Cc1c[nH]c2ccccc12)NC(=O)[C@@H](Cc1c[nH]c2ccccc12)NC(=O)[C@H](Cc1ccccc1)NC(=O)[C@@H](Cc1c[nH]c2ccccc12)NC(=O)[C@H](CCC(N)=O)NC(=O)[C@H](N)CCC(=O)O)C(N)=O. The van der Waals surface area contributed by atoms with Crippen molar-refractivity contribution in [3.8, 4) is 0 Å². The van der Waals surface area contributed by atoms with Crippen molar-refractivity contribution in [2.24, 2.45) is 17.2 Å². The van der Waals surface area contributed by atoms with Crippen LogP contribution in [0.2, 0.25) is 0 Å². The molecule has 0 bridgehead atoms. The fourth-order valence-electron chi connectivity index (χ4n) is 9.38. The Kier molecular flexibility index (Phi) is 20.6. The Morgan fingerprint density at radius 1 is 0.463 bits per heavy atom. The quantitative estimate of drug-likeness (QED) is 0.0308. The molecule has 0 aliphatic rings. The number of carbonyl (C=O) groups is 9. The number of fused-ring (bicyclic) bond motifs is 3. The maximum atomic E-state index is 15.1. The van der Waals surface area contributed by atoms with E-state index in [9.17, 15) is 38.7 Å². The molecule has 16 N–H and O–H groups in total. The number of aromatic nitrogens is 3. The third-order valence-corrected chi connectivity index (χ3v) is 14.3. The molecule has 0 radical (unpaired) electrons. The number of thioether (sulfide) groups is 1. The number of H-pyrrole nitrogens is 3. The topological polar surface area (TPSA) is 371 Å². The molecule has 3 heterocycles. The first-order chi connectivity index (χ1) is 38.5. The minimum absolute atomic E-state index is 0.0375. The molecule has 7 rings (SSSR count). The van der Waals surface area contributed by atoms with Crippen molar-refractivity contribution in [3.63, 3.8) is 0 Å². The van der Waals surface area contributed by atoms with E-state index < -0.39 is 102 Å². The highest BCUT2D eigenvalue weighted by Gasteiger charge is 2.35. The molecule has 23 heteroatoms. The van der Waals surface area contributed by atoms with Crippen LogP contribution >= 0.6 is 11.8 Å². The number of amides is 8. The van der Waals surface area contributed by atoms with Crippen molar-refractivity contribution in [1.29, 1.82) is 0 Å². The first-order valence-electron chi connectivity index (χ1n) is 26.0. The summed E-state index contributed by atoms with van der Waals surface area (Å²) in [5.41, 5.74) is 22.0. The minimum Gasteiger partial charge on any atom is -0.481 e. The van der Waals surface area contributed by atoms with Gasteiger partial charge in [-0.1, -0.05) is 84.9 Å². The lowest BCUT2D eigenvalue weighted by atomic mass is 9.99. The highest BCUT2D eigenvalue weighted by atomic mass is 32.2. The van der Waals surface area contributed by atoms with Gasteiger partial charge in [-0.3, -0.25) is 43.2 Å². The zero-order chi connectivity index (χ0) is 57.3. The first kappa shape index (κ1) is 58.7. The number of nitrogens with one attached hydrogen (secondary N) is 9. The highest BCUT2D eigenvalue weighted by molar-refractivity contribution is 7.98. The molecule has 0 fully saturated rings. The van der Waals surface area contributed by atoms with Gasteiger partial charge in [-0.15, -0.1) is 0 Å². The molecule has 22 nitrogen and oxygen atoms in total. The third-order valence-electron chi connectivity index (χ3n) is 13.7. The summed E-state index contributed by atoms with van der Waals surface area (Å²) in [6, 6.07) is 21.3. The van der Waals surface area contributed by atoms with Gasteiger partial charge < -0.3 is 69.2 Å². The molecule has 3 aromatic heterocycles. The van der Waals surface area contributed by atoms with E-state index in [1.807, 2.05) is 73.0 Å². The van der Waals surface area contributed by atoms with E-state index in [2.05, 4.69) is 46.9 Å². The summed E-state index contributed by atoms with van der Waals surface area (Å²) in [4.78, 5) is 132. The lowest BCUT2D eigenvalue weighted by Gasteiger charge is -2.28. The summed E-state index contributed by atoms with van der Waals surface area (Å²) >= 11 is 1.46. The molecule has 0 aliphatic carbocycles. The summed E-state index contributed by atoms with van der Waals surface area (Å²) in [6.45, 7) is 0. The van der Waals surface area contributed by atoms with E-state index >= 15 is 9.59 Å². The monoisotopic (exact) mass is 1110 g/mol. The van der Waals surface area contributed by atoms with Gasteiger partial charge in [-0.2, -0.15) is 11.8 Å². The van der Waals surface area contributed by atoms with Gasteiger partial charge in [0, 0.05) is 89.8 Å². The number of carboxylic acid groups (broad SMARTS) is 1. The van der Waals surface area contributed by atoms with Crippen LogP contribution in [0.3, 0.4) is 0 Å². The number of carbonyl (C=O) groups excluding carboxylic acids is 8. The molecule has 420 valence electrons. The number of hydrogen-bond acceptors (Lipinski definition) is 11. The summed E-state index contributed by atoms with van der Waals surface area (Å²) in [5.74, 6) is -7.17. The van der Waals surface area contributed by atoms with E-state index in [1.54, 1.807) is 55.0 Å². The van der Waals surface area contributed by atoms with Gasteiger partial charge in [0.15, 0.2) is 0 Å². The number of aromatic amines is 3. The van der Waals surface area contributed by atoms with Crippen LogP contribution in [0.15, 0.2) is 122 Å². The fraction of sp³-hybridized carbons (Fsp3) is 0.316. The number of benzene rings is 4. The molecule has 0 saturated heterocycles. The molecule has 4 aromatic carbocycles. The second-order valence-electron chi connectivity index (χ2n) is 19.5. The normalized spacial score (nSPS) is 13.9. The second-order valence-corrected chi connectivity index (χ2v) is 20.5. The van der Waals surface area contributed by atoms with Crippen LogP contribution in [0, 0.1) is 0 Å². The summed E-state index contributed by atoms with van der Waals surface area (Å²) in [6.07, 6.45) is 5.38. The summed E-state index contributed by atoms with van der Waals surface area (Å²) in [5, 5.41) is 27.9. The van der Waals surface area contributed by atoms with Crippen LogP contribution in [0.5, 0.6) is 0 Å². The summed E-state index contributed by atoms with van der Waals surface area (Å²) in [7, 11) is 0. The van der Waals surface area contributed by atoms with Gasteiger partial charge in [0.2, 0.25) is 47.3 Å². The van der Waals surface area contributed by atoms with Crippen molar-refractivity contribution in [1.82, 2.24) is 46.9 Å². The molecule has 0 saturated carbocycles. The Bertz CT molecular complexity index is 3340. The smallest absolute Gasteiger partial charge is 0.303 e. The number of para-hydroxylation sites is 3. The first-order valence-corrected chi connectivity index (χ1v) is 27.4. The number of hydrogen-bond donors (Lipinski definition) is 13. The third kappa shape index (κ3) is 16.1. The zero-order valence-corrected chi connectivity index (χ0v) is 44.7. The molecule has 0 spiro atoms. The highest BCUT2D eigenvalue weighted by Crippen LogP contribution is 2.23. The number of rotatable bonds is 30. The molecular formula is C57H66N12O10S. The van der Waals surface area contributed by atoms with Crippen molar-refractivity contribution in [2.75, 3.05) is 12.0 Å². The number of aliphatic carboxylic acids is 1. The average Bonchev–Trinajstić information content (AvgIpc) is 4.20. The van der Waals surface area contributed by atoms with E-state index in [1.165, 1.54) is 11.8 Å². The van der Waals surface area contributed by atoms with E-state index in [4.69, 9.17) is 17.2 Å². The van der Waals surface area contributed by atoms with E-state index in [0.29, 0.717) is 33.4 Å². The molecule has 7 aromatic rings. The molecule has 0 aliphatic heterocycles. The van der Waals surface area contributed by atoms with Crippen molar-refractivity contribution in [2.45, 2.75) is 100 Å². The van der Waals surface area contributed by atoms with Gasteiger partial charge in [-0.25, -0.2) is 0 Å². The Morgan fingerprint density at radius 2 is 0.838 bits per heavy atom. The van der Waals surface area contributed by atoms with Crippen LogP contribution < -0.4 is 49.1 Å². The van der Waals surface area contributed by atoms with Crippen molar-refractivity contribution in [3.05, 3.63) is 144 Å². The Hall–Kier alpha value is -8.96. The molecule has 8 amide bonds. The van der Waals surface area contributed by atoms with Crippen LogP contribution in [0.25, 0.3) is 32.7 Å². The van der Waals surface area contributed by atoms with Crippen LogP contribution in [-0.2, 0) is 68.8 Å². The molecular weight excluding hydrogens is 1040 g/mol. The average molecular weight is 1110 g/mol. The number of primary amides is 2.